The Hall–Kier alpha value is -2.53. The Morgan fingerprint density at radius 2 is 1.83 bits per heavy atom. The molecule has 2 aromatic carbocycles. The Labute approximate surface area is 142 Å². The van der Waals surface area contributed by atoms with Gasteiger partial charge in [0.1, 0.15) is 12.6 Å². The van der Waals surface area contributed by atoms with E-state index in [9.17, 15) is 9.90 Å². The average Bonchev–Trinajstić information content (AvgIpc) is 2.54. The Morgan fingerprint density at radius 3 is 2.46 bits per heavy atom. The van der Waals surface area contributed by atoms with E-state index in [0.29, 0.717) is 24.7 Å². The topological polar surface area (TPSA) is 86.2 Å². The van der Waals surface area contributed by atoms with E-state index in [-0.39, 0.29) is 12.5 Å². The van der Waals surface area contributed by atoms with Crippen LogP contribution >= 0.6 is 0 Å². The largest absolute Gasteiger partial charge is 0.550 e. The molecule has 5 nitrogen and oxygen atoms in total. The van der Waals surface area contributed by atoms with Gasteiger partial charge in [0.15, 0.2) is 11.5 Å². The zero-order chi connectivity index (χ0) is 17.5. The third-order valence-corrected chi connectivity index (χ3v) is 3.67. The first kappa shape index (κ1) is 17.8. The van der Waals surface area contributed by atoms with Gasteiger partial charge in [0.2, 0.25) is 0 Å². The molecule has 0 radical (unpaired) electrons. The van der Waals surface area contributed by atoms with E-state index < -0.39 is 5.97 Å². The van der Waals surface area contributed by atoms with Crippen molar-refractivity contribution in [3.8, 4) is 11.5 Å². The molecule has 128 valence electrons. The molecule has 0 unspecified atom stereocenters. The number of aliphatic carboxylic acids is 1. The summed E-state index contributed by atoms with van der Waals surface area (Å²) in [7, 11) is 0. The lowest BCUT2D eigenvalue weighted by molar-refractivity contribution is -0.430. The van der Waals surface area contributed by atoms with Crippen molar-refractivity contribution < 1.29 is 25.1 Å². The Kier molecular flexibility index (Phi) is 6.21. The van der Waals surface area contributed by atoms with E-state index in [0.717, 1.165) is 11.1 Å². The minimum atomic E-state index is -1.12. The number of aryl methyl sites for hydroxylation is 1. The number of carboxylic acids is 1. The second-order valence-corrected chi connectivity index (χ2v) is 5.69. The smallest absolute Gasteiger partial charge is 0.161 e. The molecule has 0 fully saturated rings. The highest BCUT2D eigenvalue weighted by atomic mass is 16.5. The van der Waals surface area contributed by atoms with Gasteiger partial charge in [0.25, 0.3) is 0 Å². The van der Waals surface area contributed by atoms with Crippen LogP contribution in [0.5, 0.6) is 11.5 Å². The van der Waals surface area contributed by atoms with Crippen LogP contribution in [0.1, 0.15) is 36.1 Å². The zero-order valence-corrected chi connectivity index (χ0v) is 14.1. The second-order valence-electron chi connectivity index (χ2n) is 5.69. The summed E-state index contributed by atoms with van der Waals surface area (Å²) < 4.78 is 11.5. The fourth-order valence-electron chi connectivity index (χ4n) is 2.33. The first-order valence-corrected chi connectivity index (χ1v) is 7.97. The summed E-state index contributed by atoms with van der Waals surface area (Å²) >= 11 is 0. The summed E-state index contributed by atoms with van der Waals surface area (Å²) in [5, 5.41) is 10.7. The van der Waals surface area contributed by atoms with Crippen molar-refractivity contribution in [2.45, 2.75) is 32.9 Å². The lowest BCUT2D eigenvalue weighted by atomic mass is 10.0. The molecule has 0 aliphatic carbocycles. The van der Waals surface area contributed by atoms with Gasteiger partial charge < -0.3 is 25.1 Å². The molecule has 1 atom stereocenters. The van der Waals surface area contributed by atoms with Crippen LogP contribution in [0.2, 0.25) is 0 Å². The van der Waals surface area contributed by atoms with Gasteiger partial charge in [0.05, 0.1) is 6.61 Å². The van der Waals surface area contributed by atoms with E-state index in [4.69, 9.17) is 9.47 Å². The molecular formula is C19H23NO4. The number of hydrogen-bond acceptors (Lipinski definition) is 4. The predicted octanol–water partition coefficient (Wildman–Crippen LogP) is 1.40. The summed E-state index contributed by atoms with van der Waals surface area (Å²) in [6.07, 6.45) is -0.130. The Balaban J connectivity index is 2.13. The molecule has 5 heteroatoms. The number of carbonyl (C=O) groups is 1. The normalized spacial score (nSPS) is 11.8. The van der Waals surface area contributed by atoms with Gasteiger partial charge in [-0.25, -0.2) is 0 Å². The summed E-state index contributed by atoms with van der Waals surface area (Å²) in [6, 6.07) is 13.1. The molecule has 24 heavy (non-hydrogen) atoms. The van der Waals surface area contributed by atoms with Crippen molar-refractivity contribution in [1.29, 1.82) is 0 Å². The molecule has 0 bridgehead atoms. The summed E-state index contributed by atoms with van der Waals surface area (Å²) in [5.74, 6) is 0.101. The van der Waals surface area contributed by atoms with E-state index in [1.807, 2.05) is 44.2 Å². The van der Waals surface area contributed by atoms with Crippen LogP contribution in [0.25, 0.3) is 0 Å². The SMILES string of the molecule is CCOc1cc([C@@H]([NH3+])CC(=O)[O-])ccc1OCc1ccc(C)cc1. The van der Waals surface area contributed by atoms with Crippen LogP contribution in [0.15, 0.2) is 42.5 Å². The number of rotatable bonds is 8. The highest BCUT2D eigenvalue weighted by Gasteiger charge is 2.14. The molecule has 0 heterocycles. The number of benzene rings is 2. The van der Waals surface area contributed by atoms with Crippen molar-refractivity contribution in [2.75, 3.05) is 6.61 Å². The maximum atomic E-state index is 10.7. The Bertz CT molecular complexity index is 682. The molecule has 0 amide bonds. The molecule has 2 rings (SSSR count). The van der Waals surface area contributed by atoms with Gasteiger partial charge in [0, 0.05) is 18.0 Å². The quantitative estimate of drug-likeness (QED) is 0.793. The third kappa shape index (κ3) is 4.99. The number of quaternary nitrogens is 1. The van der Waals surface area contributed by atoms with E-state index >= 15 is 0 Å². The molecule has 3 N–H and O–H groups in total. The summed E-state index contributed by atoms with van der Waals surface area (Å²) in [5.41, 5.74) is 6.92. The lowest BCUT2D eigenvalue weighted by Gasteiger charge is -2.15. The standard InChI is InChI=1S/C19H23NO4/c1-3-23-18-10-15(16(20)11-19(21)22)8-9-17(18)24-12-14-6-4-13(2)5-7-14/h4-10,16H,3,11-12,20H2,1-2H3,(H,21,22)/t16-/m0/s1. The van der Waals surface area contributed by atoms with E-state index in [1.165, 1.54) is 5.56 Å². The molecule has 0 spiro atoms. The highest BCUT2D eigenvalue weighted by molar-refractivity contribution is 5.65. The predicted molar refractivity (Wildman–Crippen MR) is 88.4 cm³/mol. The van der Waals surface area contributed by atoms with Gasteiger partial charge in [-0.2, -0.15) is 0 Å². The summed E-state index contributed by atoms with van der Waals surface area (Å²) in [6.45, 7) is 4.86. The molecule has 0 saturated heterocycles. The van der Waals surface area contributed by atoms with Gasteiger partial charge in [-0.15, -0.1) is 0 Å². The van der Waals surface area contributed by atoms with Crippen LogP contribution in [-0.4, -0.2) is 12.6 Å². The average molecular weight is 329 g/mol. The minimum Gasteiger partial charge on any atom is -0.550 e. The molecule has 0 saturated carbocycles. The summed E-state index contributed by atoms with van der Waals surface area (Å²) in [4.78, 5) is 10.7. The van der Waals surface area contributed by atoms with Crippen molar-refractivity contribution in [1.82, 2.24) is 0 Å². The molecule has 2 aromatic rings. The maximum absolute atomic E-state index is 10.7. The van der Waals surface area contributed by atoms with Crippen molar-refractivity contribution in [2.24, 2.45) is 0 Å². The van der Waals surface area contributed by atoms with Crippen LogP contribution in [0.4, 0.5) is 0 Å². The zero-order valence-electron chi connectivity index (χ0n) is 14.1. The van der Waals surface area contributed by atoms with E-state index in [2.05, 4.69) is 5.73 Å². The molecular weight excluding hydrogens is 306 g/mol. The van der Waals surface area contributed by atoms with Crippen LogP contribution in [0.3, 0.4) is 0 Å². The fraction of sp³-hybridized carbons (Fsp3) is 0.316. The molecule has 0 aliphatic heterocycles. The highest BCUT2D eigenvalue weighted by Crippen LogP contribution is 2.31. The monoisotopic (exact) mass is 329 g/mol. The van der Waals surface area contributed by atoms with Crippen LogP contribution < -0.4 is 20.3 Å². The van der Waals surface area contributed by atoms with Crippen LogP contribution in [-0.2, 0) is 11.4 Å². The van der Waals surface area contributed by atoms with Crippen molar-refractivity contribution >= 4 is 5.97 Å². The Morgan fingerprint density at radius 1 is 1.12 bits per heavy atom. The first-order valence-electron chi connectivity index (χ1n) is 7.97. The number of ether oxygens (including phenoxy) is 2. The molecule has 0 aromatic heterocycles. The maximum Gasteiger partial charge on any atom is 0.161 e. The molecule has 0 aliphatic rings. The first-order chi connectivity index (χ1) is 11.5. The van der Waals surface area contributed by atoms with Gasteiger partial charge in [-0.3, -0.25) is 0 Å². The fourth-order valence-corrected chi connectivity index (χ4v) is 2.33. The number of carboxylic acid groups (broad SMARTS) is 1. The third-order valence-electron chi connectivity index (χ3n) is 3.67. The lowest BCUT2D eigenvalue weighted by Crippen LogP contribution is -2.55. The second kappa shape index (κ2) is 8.36. The van der Waals surface area contributed by atoms with Crippen molar-refractivity contribution in [3.63, 3.8) is 0 Å². The van der Waals surface area contributed by atoms with Gasteiger partial charge in [-0.1, -0.05) is 29.8 Å². The van der Waals surface area contributed by atoms with E-state index in [1.54, 1.807) is 12.1 Å². The van der Waals surface area contributed by atoms with Crippen LogP contribution in [0, 0.1) is 6.92 Å². The minimum absolute atomic E-state index is 0.130. The number of hydrogen-bond donors (Lipinski definition) is 1. The van der Waals surface area contributed by atoms with Gasteiger partial charge >= 0.3 is 0 Å². The van der Waals surface area contributed by atoms with Crippen molar-refractivity contribution in [3.05, 3.63) is 59.2 Å². The number of carbonyl (C=O) groups excluding carboxylic acids is 1. The van der Waals surface area contributed by atoms with Gasteiger partial charge in [-0.05, 0) is 37.6 Å².